The predicted molar refractivity (Wildman–Crippen MR) is 73.0 cm³/mol. The average Bonchev–Trinajstić information content (AvgIpc) is 2.38. The summed E-state index contributed by atoms with van der Waals surface area (Å²) < 4.78 is 5.45. The Hall–Kier alpha value is -1.86. The molecule has 1 aliphatic rings. The van der Waals surface area contributed by atoms with Crippen LogP contribution in [0.25, 0.3) is 0 Å². The molecule has 1 aromatic carbocycles. The van der Waals surface area contributed by atoms with Gasteiger partial charge in [0.25, 0.3) is 5.69 Å². The fourth-order valence-corrected chi connectivity index (χ4v) is 2.25. The van der Waals surface area contributed by atoms with Gasteiger partial charge in [0.2, 0.25) is 0 Å². The monoisotopic (exact) mass is 266 g/mol. The van der Waals surface area contributed by atoms with E-state index < -0.39 is 4.92 Å². The van der Waals surface area contributed by atoms with Gasteiger partial charge >= 0.3 is 0 Å². The van der Waals surface area contributed by atoms with Gasteiger partial charge in [-0.3, -0.25) is 16.0 Å². The molecule has 2 rings (SSSR count). The minimum absolute atomic E-state index is 0.00159. The summed E-state index contributed by atoms with van der Waals surface area (Å²) in [6.07, 6.45) is 1.93. The van der Waals surface area contributed by atoms with Crippen molar-refractivity contribution in [3.63, 3.8) is 0 Å². The first kappa shape index (κ1) is 13.6. The zero-order valence-corrected chi connectivity index (χ0v) is 10.8. The summed E-state index contributed by atoms with van der Waals surface area (Å²) in [6.45, 7) is 3.39. The second-order valence-electron chi connectivity index (χ2n) is 5.01. The number of rotatable bonds is 4. The number of nitrogen functional groups attached to an aromatic ring is 1. The molecule has 1 saturated heterocycles. The second-order valence-corrected chi connectivity index (χ2v) is 5.01. The number of nitrogens with two attached hydrogens (primary N) is 1. The topological polar surface area (TPSA) is 102 Å². The molecule has 0 aromatic heterocycles. The standard InChI is InChI=1S/C12H18N4O3/c1-12(3-2-4-19-8-12)14-9-5-10(15-13)7-11(6-9)16(17)18/h5-7,14-15H,2-4,8,13H2,1H3. The van der Waals surface area contributed by atoms with Gasteiger partial charge in [-0.05, 0) is 25.8 Å². The molecule has 7 nitrogen and oxygen atoms in total. The maximum absolute atomic E-state index is 10.9. The molecule has 1 aromatic rings. The molecule has 4 N–H and O–H groups in total. The van der Waals surface area contributed by atoms with Crippen LogP contribution in [0, 0.1) is 10.1 Å². The fraction of sp³-hybridized carbons (Fsp3) is 0.500. The maximum atomic E-state index is 10.9. The molecule has 0 amide bonds. The van der Waals surface area contributed by atoms with E-state index in [0.29, 0.717) is 18.0 Å². The summed E-state index contributed by atoms with van der Waals surface area (Å²) in [5, 5.41) is 14.2. The van der Waals surface area contributed by atoms with E-state index in [0.717, 1.165) is 19.4 Å². The Bertz CT molecular complexity index is 472. The largest absolute Gasteiger partial charge is 0.379 e. The smallest absolute Gasteiger partial charge is 0.273 e. The summed E-state index contributed by atoms with van der Waals surface area (Å²) >= 11 is 0. The number of ether oxygens (including phenoxy) is 1. The molecule has 104 valence electrons. The van der Waals surface area contributed by atoms with Crippen molar-refractivity contribution >= 4 is 17.1 Å². The van der Waals surface area contributed by atoms with Crippen LogP contribution in [0.15, 0.2) is 18.2 Å². The zero-order chi connectivity index (χ0) is 13.9. The van der Waals surface area contributed by atoms with Crippen molar-refractivity contribution in [2.24, 2.45) is 5.84 Å². The average molecular weight is 266 g/mol. The quantitative estimate of drug-likeness (QED) is 0.436. The third-order valence-corrected chi connectivity index (χ3v) is 3.18. The summed E-state index contributed by atoms with van der Waals surface area (Å²) in [4.78, 5) is 10.4. The Balaban J connectivity index is 2.23. The van der Waals surface area contributed by atoms with E-state index in [-0.39, 0.29) is 11.2 Å². The Morgan fingerprint density at radius 2 is 2.16 bits per heavy atom. The van der Waals surface area contributed by atoms with Gasteiger partial charge in [0, 0.05) is 24.4 Å². The molecular weight excluding hydrogens is 248 g/mol. The number of benzene rings is 1. The molecule has 1 fully saturated rings. The first-order chi connectivity index (χ1) is 9.02. The van der Waals surface area contributed by atoms with Crippen LogP contribution in [-0.2, 0) is 4.74 Å². The first-order valence-corrected chi connectivity index (χ1v) is 6.14. The van der Waals surface area contributed by atoms with Gasteiger partial charge < -0.3 is 15.5 Å². The normalized spacial score (nSPS) is 22.8. The third-order valence-electron chi connectivity index (χ3n) is 3.18. The third kappa shape index (κ3) is 3.33. The van der Waals surface area contributed by atoms with Crippen molar-refractivity contribution in [3.8, 4) is 0 Å². The highest BCUT2D eigenvalue weighted by molar-refractivity contribution is 5.63. The lowest BCUT2D eigenvalue weighted by molar-refractivity contribution is -0.384. The van der Waals surface area contributed by atoms with Crippen LogP contribution < -0.4 is 16.6 Å². The van der Waals surface area contributed by atoms with Gasteiger partial charge in [0.15, 0.2) is 0 Å². The molecule has 1 atom stereocenters. The number of hydrogen-bond acceptors (Lipinski definition) is 6. The van der Waals surface area contributed by atoms with E-state index in [1.165, 1.54) is 12.1 Å². The molecule has 7 heteroatoms. The van der Waals surface area contributed by atoms with Gasteiger partial charge in [0.05, 0.1) is 22.8 Å². The van der Waals surface area contributed by atoms with Gasteiger partial charge in [-0.15, -0.1) is 0 Å². The highest BCUT2D eigenvalue weighted by Gasteiger charge is 2.27. The van der Waals surface area contributed by atoms with Gasteiger partial charge in [-0.25, -0.2) is 0 Å². The molecule has 0 aliphatic carbocycles. The van der Waals surface area contributed by atoms with E-state index in [2.05, 4.69) is 10.7 Å². The van der Waals surface area contributed by atoms with Crippen LogP contribution in [0.4, 0.5) is 17.1 Å². The van der Waals surface area contributed by atoms with Crippen molar-refractivity contribution in [2.45, 2.75) is 25.3 Å². The van der Waals surface area contributed by atoms with Crippen LogP contribution in [0.2, 0.25) is 0 Å². The number of non-ortho nitro benzene ring substituents is 1. The number of nitro groups is 1. The first-order valence-electron chi connectivity index (χ1n) is 6.14. The van der Waals surface area contributed by atoms with E-state index >= 15 is 0 Å². The minimum Gasteiger partial charge on any atom is -0.379 e. The predicted octanol–water partition coefficient (Wildman–Crippen LogP) is 1.86. The van der Waals surface area contributed by atoms with Gasteiger partial charge in [0.1, 0.15) is 0 Å². The zero-order valence-electron chi connectivity index (χ0n) is 10.8. The van der Waals surface area contributed by atoms with Crippen LogP contribution in [0.5, 0.6) is 0 Å². The number of nitrogens with zero attached hydrogens (tertiary/aromatic N) is 1. The van der Waals surface area contributed by atoms with Gasteiger partial charge in [-0.2, -0.15) is 0 Å². The molecular formula is C12H18N4O3. The fourth-order valence-electron chi connectivity index (χ4n) is 2.25. The second kappa shape index (κ2) is 5.41. The SMILES string of the molecule is CC1(Nc2cc(NN)cc([N+](=O)[O-])c2)CCCOC1. The molecule has 0 bridgehead atoms. The van der Waals surface area contributed by atoms with Crippen molar-refractivity contribution in [3.05, 3.63) is 28.3 Å². The van der Waals surface area contributed by atoms with E-state index in [1.807, 2.05) is 6.92 Å². The lowest BCUT2D eigenvalue weighted by atomic mass is 9.94. The summed E-state index contributed by atoms with van der Waals surface area (Å²) in [5.41, 5.74) is 3.39. The van der Waals surface area contributed by atoms with Crippen molar-refractivity contribution < 1.29 is 9.66 Å². The lowest BCUT2D eigenvalue weighted by Gasteiger charge is -2.35. The van der Waals surface area contributed by atoms with E-state index in [4.69, 9.17) is 10.6 Å². The van der Waals surface area contributed by atoms with E-state index in [1.54, 1.807) is 6.07 Å². The van der Waals surface area contributed by atoms with Crippen LogP contribution >= 0.6 is 0 Å². The molecule has 0 spiro atoms. The number of hydrazine groups is 1. The lowest BCUT2D eigenvalue weighted by Crippen LogP contribution is -2.43. The molecule has 19 heavy (non-hydrogen) atoms. The highest BCUT2D eigenvalue weighted by Crippen LogP contribution is 2.29. The molecule has 1 unspecified atom stereocenters. The summed E-state index contributed by atoms with van der Waals surface area (Å²) in [7, 11) is 0. The number of hydrogen-bond donors (Lipinski definition) is 3. The molecule has 0 radical (unpaired) electrons. The van der Waals surface area contributed by atoms with Crippen LogP contribution in [0.3, 0.4) is 0 Å². The van der Waals surface area contributed by atoms with Crippen LogP contribution in [-0.4, -0.2) is 23.7 Å². The Kier molecular flexibility index (Phi) is 3.87. The number of anilines is 2. The maximum Gasteiger partial charge on any atom is 0.273 e. The molecule has 1 heterocycles. The Morgan fingerprint density at radius 1 is 1.42 bits per heavy atom. The van der Waals surface area contributed by atoms with Crippen molar-refractivity contribution in [1.29, 1.82) is 0 Å². The van der Waals surface area contributed by atoms with Crippen molar-refractivity contribution in [2.75, 3.05) is 24.0 Å². The Morgan fingerprint density at radius 3 is 2.74 bits per heavy atom. The minimum atomic E-state index is -0.439. The molecule has 0 saturated carbocycles. The number of nitro benzene ring substituents is 1. The van der Waals surface area contributed by atoms with Gasteiger partial charge in [-0.1, -0.05) is 0 Å². The van der Waals surface area contributed by atoms with Crippen LogP contribution in [0.1, 0.15) is 19.8 Å². The number of nitrogens with one attached hydrogen (secondary N) is 2. The molecule has 1 aliphatic heterocycles. The summed E-state index contributed by atoms with van der Waals surface area (Å²) in [6, 6.07) is 4.64. The van der Waals surface area contributed by atoms with Crippen molar-refractivity contribution in [1.82, 2.24) is 0 Å². The summed E-state index contributed by atoms with van der Waals surface area (Å²) in [5.74, 6) is 5.33. The Labute approximate surface area is 111 Å². The highest BCUT2D eigenvalue weighted by atomic mass is 16.6. The van der Waals surface area contributed by atoms with E-state index in [9.17, 15) is 10.1 Å².